The Labute approximate surface area is 151 Å². The van der Waals surface area contributed by atoms with Crippen molar-refractivity contribution in [3.8, 4) is 0 Å². The summed E-state index contributed by atoms with van der Waals surface area (Å²) in [5, 5.41) is 11.9. The number of H-pyrrole nitrogens is 1. The van der Waals surface area contributed by atoms with Crippen LogP contribution in [-0.4, -0.2) is 54.6 Å². The van der Waals surface area contributed by atoms with E-state index in [1.165, 1.54) is 0 Å². The highest BCUT2D eigenvalue weighted by atomic mass is 35.5. The highest BCUT2D eigenvalue weighted by Gasteiger charge is 2.12. The quantitative estimate of drug-likeness (QED) is 0.608. The van der Waals surface area contributed by atoms with E-state index in [4.69, 9.17) is 16.3 Å². The van der Waals surface area contributed by atoms with Gasteiger partial charge in [-0.2, -0.15) is 0 Å². The summed E-state index contributed by atoms with van der Waals surface area (Å²) in [4.78, 5) is 16.5. The standard InChI is InChI=1S/C17H22ClN5O2/c18-14-4-2-13(3-5-14)12-15-16(24)20-17(22-21-15)19-6-1-7-23-8-10-25-11-9-23/h2-5H,1,6-12H2,(H2,19,20,22,24)/p+1. The minimum atomic E-state index is -0.216. The third kappa shape index (κ3) is 5.52. The van der Waals surface area contributed by atoms with Crippen LogP contribution < -0.4 is 15.8 Å². The molecule has 0 saturated carbocycles. The van der Waals surface area contributed by atoms with Crippen molar-refractivity contribution in [2.75, 3.05) is 44.7 Å². The van der Waals surface area contributed by atoms with E-state index in [0.717, 1.165) is 51.4 Å². The summed E-state index contributed by atoms with van der Waals surface area (Å²) in [5.41, 5.74) is 1.15. The second kappa shape index (κ2) is 8.94. The average molecular weight is 365 g/mol. The van der Waals surface area contributed by atoms with Crippen LogP contribution in [-0.2, 0) is 11.2 Å². The minimum absolute atomic E-state index is 0.216. The molecule has 0 unspecified atom stereocenters. The van der Waals surface area contributed by atoms with E-state index in [9.17, 15) is 4.79 Å². The molecule has 1 aromatic carbocycles. The van der Waals surface area contributed by atoms with E-state index < -0.39 is 0 Å². The van der Waals surface area contributed by atoms with Gasteiger partial charge in [0, 0.05) is 24.4 Å². The molecule has 1 saturated heterocycles. The van der Waals surface area contributed by atoms with Gasteiger partial charge in [0.05, 0.1) is 19.8 Å². The molecule has 3 N–H and O–H groups in total. The summed E-state index contributed by atoms with van der Waals surface area (Å²) in [7, 11) is 0. The topological polar surface area (TPSA) is 84.3 Å². The smallest absolute Gasteiger partial charge is 0.274 e. The summed E-state index contributed by atoms with van der Waals surface area (Å²) < 4.78 is 5.35. The Morgan fingerprint density at radius 3 is 2.68 bits per heavy atom. The summed E-state index contributed by atoms with van der Waals surface area (Å²) in [6.45, 7) is 5.66. The fourth-order valence-corrected chi connectivity index (χ4v) is 2.93. The van der Waals surface area contributed by atoms with Gasteiger partial charge in [-0.25, -0.2) is 0 Å². The third-order valence-corrected chi connectivity index (χ3v) is 4.50. The molecule has 2 heterocycles. The van der Waals surface area contributed by atoms with Gasteiger partial charge in [-0.1, -0.05) is 23.7 Å². The molecule has 0 radical (unpaired) electrons. The summed E-state index contributed by atoms with van der Waals surface area (Å²) in [5.74, 6) is 0.418. The fraction of sp³-hybridized carbons (Fsp3) is 0.471. The lowest BCUT2D eigenvalue weighted by Crippen LogP contribution is -3.14. The lowest BCUT2D eigenvalue weighted by Gasteiger charge is -2.23. The van der Waals surface area contributed by atoms with E-state index in [1.807, 2.05) is 12.1 Å². The molecule has 7 nitrogen and oxygen atoms in total. The number of hydrogen-bond donors (Lipinski definition) is 3. The number of anilines is 1. The molecule has 8 heteroatoms. The van der Waals surface area contributed by atoms with Gasteiger partial charge in [0.2, 0.25) is 5.95 Å². The first kappa shape index (κ1) is 17.8. The molecule has 1 aliphatic rings. The Hall–Kier alpha value is -1.96. The Bertz CT molecular complexity index is 729. The number of quaternary nitrogens is 1. The lowest BCUT2D eigenvalue weighted by molar-refractivity contribution is -0.908. The molecule has 0 aliphatic carbocycles. The number of aromatic nitrogens is 3. The van der Waals surface area contributed by atoms with Crippen molar-refractivity contribution in [1.82, 2.24) is 15.2 Å². The highest BCUT2D eigenvalue weighted by molar-refractivity contribution is 6.30. The number of morpholine rings is 1. The first-order valence-electron chi connectivity index (χ1n) is 8.56. The van der Waals surface area contributed by atoms with Crippen LogP contribution in [0, 0.1) is 0 Å². The van der Waals surface area contributed by atoms with E-state index >= 15 is 0 Å². The number of ether oxygens (including phenoxy) is 1. The largest absolute Gasteiger partial charge is 0.370 e. The number of hydrogen-bond acceptors (Lipinski definition) is 5. The van der Waals surface area contributed by atoms with Gasteiger partial charge in [0.1, 0.15) is 18.8 Å². The predicted octanol–water partition coefficient (Wildman–Crippen LogP) is 0.126. The summed E-state index contributed by atoms with van der Waals surface area (Å²) in [6, 6.07) is 7.35. The zero-order chi connectivity index (χ0) is 17.5. The Morgan fingerprint density at radius 1 is 1.20 bits per heavy atom. The van der Waals surface area contributed by atoms with Crippen molar-refractivity contribution < 1.29 is 9.64 Å². The zero-order valence-corrected chi connectivity index (χ0v) is 14.8. The first-order valence-corrected chi connectivity index (χ1v) is 8.94. The number of nitrogens with zero attached hydrogens (tertiary/aromatic N) is 2. The monoisotopic (exact) mass is 364 g/mol. The van der Waals surface area contributed by atoms with Gasteiger partial charge in [0.25, 0.3) is 5.56 Å². The normalized spacial score (nSPS) is 15.2. The fourth-order valence-electron chi connectivity index (χ4n) is 2.81. The van der Waals surface area contributed by atoms with Crippen LogP contribution in [0.25, 0.3) is 0 Å². The van der Waals surface area contributed by atoms with E-state index in [0.29, 0.717) is 23.1 Å². The van der Waals surface area contributed by atoms with Crippen molar-refractivity contribution in [2.24, 2.45) is 0 Å². The van der Waals surface area contributed by atoms with Gasteiger partial charge in [-0.3, -0.25) is 9.78 Å². The Kier molecular flexibility index (Phi) is 6.38. The van der Waals surface area contributed by atoms with Crippen LogP contribution in [0.2, 0.25) is 5.02 Å². The summed E-state index contributed by atoms with van der Waals surface area (Å²) >= 11 is 5.86. The first-order chi connectivity index (χ1) is 12.2. The molecule has 0 bridgehead atoms. The van der Waals surface area contributed by atoms with Crippen LogP contribution in [0.1, 0.15) is 17.7 Å². The zero-order valence-electron chi connectivity index (χ0n) is 14.1. The summed E-state index contributed by atoms with van der Waals surface area (Å²) in [6.07, 6.45) is 1.44. The van der Waals surface area contributed by atoms with Gasteiger partial charge in [-0.15, -0.1) is 10.2 Å². The second-order valence-electron chi connectivity index (χ2n) is 6.15. The number of rotatable bonds is 7. The van der Waals surface area contributed by atoms with Gasteiger partial charge < -0.3 is 15.0 Å². The molecular weight excluding hydrogens is 342 g/mol. The molecule has 1 aromatic heterocycles. The second-order valence-corrected chi connectivity index (χ2v) is 6.58. The minimum Gasteiger partial charge on any atom is -0.370 e. The average Bonchev–Trinajstić information content (AvgIpc) is 2.63. The van der Waals surface area contributed by atoms with Crippen LogP contribution in [0.5, 0.6) is 0 Å². The van der Waals surface area contributed by atoms with E-state index in [1.54, 1.807) is 17.0 Å². The maximum absolute atomic E-state index is 12.1. The SMILES string of the molecule is O=c1[nH]c(NCCC[NH+]2CCOCC2)nnc1Cc1ccc(Cl)cc1. The van der Waals surface area contributed by atoms with Crippen LogP contribution in [0.15, 0.2) is 29.1 Å². The third-order valence-electron chi connectivity index (χ3n) is 4.25. The molecule has 25 heavy (non-hydrogen) atoms. The lowest BCUT2D eigenvalue weighted by atomic mass is 10.1. The van der Waals surface area contributed by atoms with Crippen molar-refractivity contribution in [1.29, 1.82) is 0 Å². The van der Waals surface area contributed by atoms with Crippen LogP contribution in [0.4, 0.5) is 5.95 Å². The maximum Gasteiger partial charge on any atom is 0.274 e. The molecule has 1 fully saturated rings. The molecule has 0 amide bonds. The molecular formula is C17H23ClN5O2+. The van der Waals surface area contributed by atoms with Crippen molar-refractivity contribution in [3.05, 3.63) is 50.9 Å². The van der Waals surface area contributed by atoms with Crippen LogP contribution in [0.3, 0.4) is 0 Å². The molecule has 1 aliphatic heterocycles. The highest BCUT2D eigenvalue weighted by Crippen LogP contribution is 2.11. The van der Waals surface area contributed by atoms with Gasteiger partial charge >= 0.3 is 0 Å². The van der Waals surface area contributed by atoms with Gasteiger partial charge in [0.15, 0.2) is 0 Å². The molecule has 0 atom stereocenters. The van der Waals surface area contributed by atoms with E-state index in [2.05, 4.69) is 20.5 Å². The van der Waals surface area contributed by atoms with Crippen molar-refractivity contribution in [3.63, 3.8) is 0 Å². The number of benzene rings is 1. The predicted molar refractivity (Wildman–Crippen MR) is 96.4 cm³/mol. The van der Waals surface area contributed by atoms with E-state index in [-0.39, 0.29) is 5.56 Å². The van der Waals surface area contributed by atoms with Gasteiger partial charge in [-0.05, 0) is 17.7 Å². The molecule has 134 valence electrons. The molecule has 2 aromatic rings. The molecule has 0 spiro atoms. The number of nitrogens with one attached hydrogen (secondary N) is 3. The number of halogens is 1. The van der Waals surface area contributed by atoms with Crippen LogP contribution >= 0.6 is 11.6 Å². The van der Waals surface area contributed by atoms with Crippen molar-refractivity contribution in [2.45, 2.75) is 12.8 Å². The maximum atomic E-state index is 12.1. The van der Waals surface area contributed by atoms with Crippen molar-refractivity contribution >= 4 is 17.5 Å². The molecule has 3 rings (SSSR count). The Morgan fingerprint density at radius 2 is 1.96 bits per heavy atom. The number of aromatic amines is 1. The Balaban J connectivity index is 1.47.